The van der Waals surface area contributed by atoms with Gasteiger partial charge in [-0.3, -0.25) is 4.79 Å². The van der Waals surface area contributed by atoms with Gasteiger partial charge in [-0.15, -0.1) is 13.2 Å². The fraction of sp³-hybridized carbons (Fsp3) is 0.500. The molecule has 5 atom stereocenters. The number of halogens is 1. The lowest BCUT2D eigenvalue weighted by molar-refractivity contribution is -0.125. The number of nitrogens with one attached hydrogen (secondary N) is 1. The Bertz CT molecular complexity index is 1560. The van der Waals surface area contributed by atoms with Crippen LogP contribution >= 0.6 is 11.6 Å². The molecular formula is C34H41ClN2O6S. The van der Waals surface area contributed by atoms with Crippen LogP contribution in [0.3, 0.4) is 0 Å². The van der Waals surface area contributed by atoms with Crippen molar-refractivity contribution in [2.24, 2.45) is 11.8 Å². The molecule has 2 fully saturated rings. The molecule has 44 heavy (non-hydrogen) atoms. The Balaban J connectivity index is 1.34. The van der Waals surface area contributed by atoms with Crippen molar-refractivity contribution < 1.29 is 27.8 Å². The summed E-state index contributed by atoms with van der Waals surface area (Å²) in [6.45, 7) is 9.72. The van der Waals surface area contributed by atoms with Crippen LogP contribution in [0.15, 0.2) is 61.7 Å². The Morgan fingerprint density at radius 3 is 2.77 bits per heavy atom. The molecule has 2 N–H and O–H groups in total. The van der Waals surface area contributed by atoms with Crippen molar-refractivity contribution in [1.82, 2.24) is 4.72 Å². The Morgan fingerprint density at radius 2 is 2.02 bits per heavy atom. The molecule has 1 saturated heterocycles. The summed E-state index contributed by atoms with van der Waals surface area (Å²) in [6, 6.07) is 11.3. The molecule has 2 aromatic carbocycles. The average molecular weight is 641 g/mol. The molecule has 1 spiro atoms. The first kappa shape index (κ1) is 31.1. The zero-order valence-electron chi connectivity index (χ0n) is 25.0. The summed E-state index contributed by atoms with van der Waals surface area (Å²) in [6.07, 6.45) is 8.92. The number of rotatable bonds is 8. The summed E-state index contributed by atoms with van der Waals surface area (Å²) in [5, 5.41) is 11.7. The van der Waals surface area contributed by atoms with Crippen molar-refractivity contribution in [3.8, 4) is 5.75 Å². The lowest BCUT2D eigenvalue weighted by Crippen LogP contribution is -2.52. The molecule has 0 aromatic heterocycles. The van der Waals surface area contributed by atoms with E-state index in [2.05, 4.69) is 34.9 Å². The van der Waals surface area contributed by atoms with Gasteiger partial charge in [-0.2, -0.15) is 0 Å². The van der Waals surface area contributed by atoms with Crippen LogP contribution in [0.2, 0.25) is 5.02 Å². The Kier molecular flexibility index (Phi) is 8.60. The number of aryl methyl sites for hydroxylation is 1. The number of ether oxygens (including phenoxy) is 2. The zero-order valence-corrected chi connectivity index (χ0v) is 26.5. The molecule has 236 valence electrons. The molecule has 0 radical (unpaired) electrons. The SMILES string of the molecule is C=CCS(=O)(=O)NC(=O)c1ccc2c(c1)N(C[C@@H]1CC[C@H]1C1C[C@@](O)(C=C)CCO1)C[C@@]1(CCCc3cc(Cl)ccc31)CO2. The summed E-state index contributed by atoms with van der Waals surface area (Å²) in [4.78, 5) is 15.4. The van der Waals surface area contributed by atoms with Gasteiger partial charge in [0.25, 0.3) is 5.91 Å². The van der Waals surface area contributed by atoms with Crippen molar-refractivity contribution in [2.45, 2.75) is 62.1 Å². The van der Waals surface area contributed by atoms with Gasteiger partial charge in [0.15, 0.2) is 0 Å². The number of nitrogens with zero attached hydrogens (tertiary/aromatic N) is 1. The first-order valence-corrected chi connectivity index (χ1v) is 17.5. The highest BCUT2D eigenvalue weighted by atomic mass is 35.5. The summed E-state index contributed by atoms with van der Waals surface area (Å²) in [5.74, 6) is 0.233. The van der Waals surface area contributed by atoms with E-state index in [0.29, 0.717) is 50.2 Å². The standard InChI is InChI=1S/C34H41ClN2O6S/c1-3-16-44(40,41)36-32(38)24-8-12-30-29(18-24)37(20-25-7-10-27(25)31-19-34(39,4-2)14-15-42-31)21-33(22-43-30)13-5-6-23-17-26(35)9-11-28(23)33/h3-4,8-9,11-12,17-18,25,27,31,39H,1-2,5-7,10,13-16,19-22H2,(H,36,38)/t25-,27+,31?,33-,34+/m0/s1. The van der Waals surface area contributed by atoms with Crippen molar-refractivity contribution in [3.63, 3.8) is 0 Å². The lowest BCUT2D eigenvalue weighted by atomic mass is 9.67. The first-order valence-electron chi connectivity index (χ1n) is 15.5. The van der Waals surface area contributed by atoms with Crippen LogP contribution in [0, 0.1) is 11.8 Å². The number of aliphatic hydroxyl groups is 1. The van der Waals surface area contributed by atoms with Crippen LogP contribution in [0.5, 0.6) is 5.75 Å². The largest absolute Gasteiger partial charge is 0.490 e. The van der Waals surface area contributed by atoms with E-state index < -0.39 is 21.5 Å². The Labute approximate surface area is 265 Å². The molecule has 2 aromatic rings. The van der Waals surface area contributed by atoms with E-state index in [0.717, 1.165) is 49.4 Å². The van der Waals surface area contributed by atoms with Gasteiger partial charge in [0, 0.05) is 41.9 Å². The third kappa shape index (κ3) is 6.16. The van der Waals surface area contributed by atoms with Gasteiger partial charge in [0.2, 0.25) is 10.0 Å². The minimum Gasteiger partial charge on any atom is -0.490 e. The fourth-order valence-corrected chi connectivity index (χ4v) is 8.59. The molecule has 2 heterocycles. The third-order valence-corrected chi connectivity index (χ3v) is 11.5. The molecule has 10 heteroatoms. The number of hydrogen-bond donors (Lipinski definition) is 2. The molecule has 8 nitrogen and oxygen atoms in total. The normalized spacial score (nSPS) is 29.8. The highest BCUT2D eigenvalue weighted by molar-refractivity contribution is 7.90. The number of amides is 1. The van der Waals surface area contributed by atoms with Crippen LogP contribution in [0.1, 0.15) is 60.0 Å². The summed E-state index contributed by atoms with van der Waals surface area (Å²) in [7, 11) is -3.84. The molecule has 1 amide bonds. The van der Waals surface area contributed by atoms with Crippen LogP contribution in [-0.2, 0) is 26.6 Å². The number of hydrogen-bond acceptors (Lipinski definition) is 7. The maximum absolute atomic E-state index is 13.1. The molecule has 6 rings (SSSR count). The summed E-state index contributed by atoms with van der Waals surface area (Å²) in [5.41, 5.74) is 2.32. The monoisotopic (exact) mass is 640 g/mol. The van der Waals surface area contributed by atoms with E-state index in [1.807, 2.05) is 6.07 Å². The van der Waals surface area contributed by atoms with Crippen molar-refractivity contribution >= 4 is 33.2 Å². The van der Waals surface area contributed by atoms with E-state index in [4.69, 9.17) is 21.1 Å². The minimum atomic E-state index is -3.84. The maximum Gasteiger partial charge on any atom is 0.264 e. The van der Waals surface area contributed by atoms with Crippen molar-refractivity contribution in [1.29, 1.82) is 0 Å². The molecule has 0 bridgehead atoms. The predicted molar refractivity (Wildman–Crippen MR) is 172 cm³/mol. The van der Waals surface area contributed by atoms with Crippen LogP contribution in [0.25, 0.3) is 0 Å². The molecule has 2 aliphatic carbocycles. The topological polar surface area (TPSA) is 105 Å². The maximum atomic E-state index is 13.1. The predicted octanol–water partition coefficient (Wildman–Crippen LogP) is 5.18. The van der Waals surface area contributed by atoms with Gasteiger partial charge in [0.1, 0.15) is 5.75 Å². The summed E-state index contributed by atoms with van der Waals surface area (Å²) < 4.78 is 39.6. The van der Waals surface area contributed by atoms with Crippen LogP contribution in [-0.4, -0.2) is 63.2 Å². The summed E-state index contributed by atoms with van der Waals surface area (Å²) >= 11 is 6.40. The first-order chi connectivity index (χ1) is 21.0. The van der Waals surface area contributed by atoms with E-state index in [1.54, 1.807) is 24.3 Å². The highest BCUT2D eigenvalue weighted by Gasteiger charge is 2.46. The third-order valence-electron chi connectivity index (χ3n) is 10.1. The number of sulfonamides is 1. The van der Waals surface area contributed by atoms with Gasteiger partial charge in [-0.05, 0) is 85.4 Å². The number of anilines is 1. The fourth-order valence-electron chi connectivity index (χ4n) is 7.60. The van der Waals surface area contributed by atoms with Gasteiger partial charge in [-0.1, -0.05) is 29.8 Å². The lowest BCUT2D eigenvalue weighted by Gasteiger charge is -2.48. The smallest absolute Gasteiger partial charge is 0.264 e. The molecular weight excluding hydrogens is 600 g/mol. The number of benzene rings is 2. The van der Waals surface area contributed by atoms with Crippen LogP contribution in [0.4, 0.5) is 5.69 Å². The second kappa shape index (κ2) is 12.2. The van der Waals surface area contributed by atoms with E-state index >= 15 is 0 Å². The second-order valence-corrected chi connectivity index (χ2v) is 15.2. The zero-order chi connectivity index (χ0) is 31.1. The molecule has 4 aliphatic rings. The van der Waals surface area contributed by atoms with Crippen molar-refractivity contribution in [2.75, 3.05) is 37.0 Å². The van der Waals surface area contributed by atoms with Gasteiger partial charge < -0.3 is 19.5 Å². The number of carbonyl (C=O) groups excluding carboxylic acids is 1. The Morgan fingerprint density at radius 1 is 1.18 bits per heavy atom. The number of fused-ring (bicyclic) bond motifs is 3. The quantitative estimate of drug-likeness (QED) is 0.383. The van der Waals surface area contributed by atoms with E-state index in [9.17, 15) is 18.3 Å². The highest BCUT2D eigenvalue weighted by Crippen LogP contribution is 2.48. The van der Waals surface area contributed by atoms with Gasteiger partial charge >= 0.3 is 0 Å². The number of carbonyl (C=O) groups is 1. The minimum absolute atomic E-state index is 0.0492. The molecule has 1 unspecified atom stereocenters. The van der Waals surface area contributed by atoms with Crippen LogP contribution < -0.4 is 14.4 Å². The average Bonchev–Trinajstić information content (AvgIpc) is 3.12. The van der Waals surface area contributed by atoms with E-state index in [-0.39, 0.29) is 22.8 Å². The van der Waals surface area contributed by atoms with Gasteiger partial charge in [-0.25, -0.2) is 13.1 Å². The van der Waals surface area contributed by atoms with E-state index in [1.165, 1.54) is 17.2 Å². The Hall–Kier alpha value is -2.85. The van der Waals surface area contributed by atoms with Gasteiger partial charge in [0.05, 0.1) is 36.4 Å². The second-order valence-electron chi connectivity index (χ2n) is 13.0. The van der Waals surface area contributed by atoms with Crippen molar-refractivity contribution in [3.05, 3.63) is 83.4 Å². The molecule has 1 saturated carbocycles. The molecule has 2 aliphatic heterocycles.